The molecule has 0 bridgehead atoms. The lowest BCUT2D eigenvalue weighted by Gasteiger charge is -2.12. The minimum absolute atomic E-state index is 0.0504. The van der Waals surface area contributed by atoms with Crippen molar-refractivity contribution in [2.24, 2.45) is 5.14 Å². The molecule has 0 fully saturated rings. The highest BCUT2D eigenvalue weighted by Crippen LogP contribution is 2.34. The van der Waals surface area contributed by atoms with Crippen molar-refractivity contribution in [3.8, 4) is 16.9 Å². The molecule has 3 rings (SSSR count). The number of aliphatic hydroxyl groups is 1. The Bertz CT molecular complexity index is 1140. The van der Waals surface area contributed by atoms with Crippen molar-refractivity contribution in [2.45, 2.75) is 17.7 Å². The quantitative estimate of drug-likeness (QED) is 0.581. The van der Waals surface area contributed by atoms with E-state index in [1.807, 2.05) is 0 Å². The van der Waals surface area contributed by atoms with E-state index in [0.29, 0.717) is 5.56 Å². The molecular weight excluding hydrogens is 409 g/mol. The second-order valence-electron chi connectivity index (χ2n) is 6.15. The molecule has 0 aliphatic carbocycles. The molecule has 0 aliphatic rings. The first kappa shape index (κ1) is 20.8. The van der Waals surface area contributed by atoms with E-state index in [1.165, 1.54) is 12.1 Å². The summed E-state index contributed by atoms with van der Waals surface area (Å²) in [5.41, 5.74) is 0.373. The van der Waals surface area contributed by atoms with E-state index in [2.05, 4.69) is 10.4 Å². The lowest BCUT2D eigenvalue weighted by Crippen LogP contribution is -2.15. The molecule has 0 aliphatic heterocycles. The van der Waals surface area contributed by atoms with Crippen molar-refractivity contribution in [1.82, 2.24) is 9.78 Å². The van der Waals surface area contributed by atoms with Gasteiger partial charge in [-0.25, -0.2) is 18.2 Å². The molecule has 0 unspecified atom stereocenters. The molecule has 7 nitrogen and oxygen atoms in total. The molecule has 29 heavy (non-hydrogen) atoms. The average molecular weight is 426 g/mol. The van der Waals surface area contributed by atoms with Gasteiger partial charge in [0.1, 0.15) is 0 Å². The van der Waals surface area contributed by atoms with Crippen LogP contribution in [0.25, 0.3) is 16.9 Å². The number of nitrogens with two attached hydrogens (primary N) is 1. The Balaban J connectivity index is 2.21. The van der Waals surface area contributed by atoms with Crippen LogP contribution in [0.3, 0.4) is 0 Å². The van der Waals surface area contributed by atoms with Crippen LogP contribution in [0.5, 0.6) is 0 Å². The van der Waals surface area contributed by atoms with Crippen LogP contribution in [0, 0.1) is 0 Å². The van der Waals surface area contributed by atoms with Gasteiger partial charge in [0.25, 0.3) is 0 Å². The Kier molecular flexibility index (Phi) is 5.39. The summed E-state index contributed by atoms with van der Waals surface area (Å²) >= 11 is 0. The highest BCUT2D eigenvalue weighted by Gasteiger charge is 2.35. The van der Waals surface area contributed by atoms with Crippen molar-refractivity contribution in [3.05, 3.63) is 59.8 Å². The number of anilines is 1. The Morgan fingerprint density at radius 2 is 1.79 bits per heavy atom. The molecule has 3 aromatic rings. The van der Waals surface area contributed by atoms with Crippen LogP contribution in [0.4, 0.5) is 18.9 Å². The molecule has 0 radical (unpaired) electrons. The van der Waals surface area contributed by atoms with Crippen LogP contribution in [0.1, 0.15) is 11.3 Å². The summed E-state index contributed by atoms with van der Waals surface area (Å²) in [5.74, 6) is 0. The number of hydrogen-bond acceptors (Lipinski definition) is 5. The maximum absolute atomic E-state index is 13.3. The average Bonchev–Trinajstić information content (AvgIpc) is 3.12. The lowest BCUT2D eigenvalue weighted by molar-refractivity contribution is -0.141. The molecule has 4 N–H and O–H groups in total. The normalized spacial score (nSPS) is 12.2. The number of aliphatic hydroxyl groups excluding tert-OH is 1. The zero-order valence-electron chi connectivity index (χ0n) is 15.1. The Morgan fingerprint density at radius 3 is 2.31 bits per heavy atom. The van der Waals surface area contributed by atoms with E-state index in [0.717, 1.165) is 22.5 Å². The van der Waals surface area contributed by atoms with Gasteiger partial charge in [-0.15, -0.1) is 0 Å². The van der Waals surface area contributed by atoms with Gasteiger partial charge in [-0.1, -0.05) is 12.1 Å². The van der Waals surface area contributed by atoms with Crippen molar-refractivity contribution >= 4 is 15.7 Å². The van der Waals surface area contributed by atoms with Crippen molar-refractivity contribution in [2.75, 3.05) is 12.4 Å². The standard InChI is InChI=1S/C18H17F3N4O3S/c1-23-13-4-2-11(3-5-13)15-9-17(18(19,20)21)24-25(15)14-6-7-16(29(22,27)28)12(8-14)10-26/h2-9,23,26H,10H2,1H3,(H2,22,27,28). The van der Waals surface area contributed by atoms with Crippen LogP contribution >= 0.6 is 0 Å². The SMILES string of the molecule is CNc1ccc(-c2cc(C(F)(F)F)nn2-c2ccc(S(N)(=O)=O)c(CO)c2)cc1. The van der Waals surface area contributed by atoms with E-state index in [4.69, 9.17) is 5.14 Å². The van der Waals surface area contributed by atoms with Gasteiger partial charge in [0.2, 0.25) is 10.0 Å². The van der Waals surface area contributed by atoms with Crippen LogP contribution in [-0.2, 0) is 22.8 Å². The van der Waals surface area contributed by atoms with Crippen molar-refractivity contribution in [1.29, 1.82) is 0 Å². The number of alkyl halides is 3. The van der Waals surface area contributed by atoms with E-state index in [-0.39, 0.29) is 21.8 Å². The minimum atomic E-state index is -4.68. The van der Waals surface area contributed by atoms with Gasteiger partial charge in [0.05, 0.1) is 22.9 Å². The topological polar surface area (TPSA) is 110 Å². The molecular formula is C18H17F3N4O3S. The first-order chi connectivity index (χ1) is 13.5. The summed E-state index contributed by atoms with van der Waals surface area (Å²) in [6.07, 6.45) is -4.68. The lowest BCUT2D eigenvalue weighted by atomic mass is 10.1. The zero-order valence-corrected chi connectivity index (χ0v) is 15.9. The molecule has 0 spiro atoms. The third-order valence-corrected chi connectivity index (χ3v) is 5.25. The Labute approximate surface area is 164 Å². The largest absolute Gasteiger partial charge is 0.435 e. The number of rotatable bonds is 5. The van der Waals surface area contributed by atoms with Crippen molar-refractivity contribution in [3.63, 3.8) is 0 Å². The smallest absolute Gasteiger partial charge is 0.392 e. The molecule has 0 saturated heterocycles. The van der Waals surface area contributed by atoms with E-state index in [1.54, 1.807) is 31.3 Å². The maximum Gasteiger partial charge on any atom is 0.435 e. The molecule has 1 heterocycles. The Hall–Kier alpha value is -2.89. The summed E-state index contributed by atoms with van der Waals surface area (Å²) in [4.78, 5) is -0.313. The fourth-order valence-corrected chi connectivity index (χ4v) is 3.58. The molecule has 0 atom stereocenters. The number of halogens is 3. The molecule has 0 saturated carbocycles. The van der Waals surface area contributed by atoms with Crippen LogP contribution in [0.15, 0.2) is 53.4 Å². The molecule has 2 aromatic carbocycles. The monoisotopic (exact) mass is 426 g/mol. The summed E-state index contributed by atoms with van der Waals surface area (Å²) in [6, 6.07) is 11.2. The predicted molar refractivity (Wildman–Crippen MR) is 101 cm³/mol. The molecule has 1 aromatic heterocycles. The molecule has 0 amide bonds. The van der Waals surface area contributed by atoms with Gasteiger partial charge < -0.3 is 10.4 Å². The number of aromatic nitrogens is 2. The fraction of sp³-hybridized carbons (Fsp3) is 0.167. The van der Waals surface area contributed by atoms with E-state index in [9.17, 15) is 26.7 Å². The second-order valence-corrected chi connectivity index (χ2v) is 7.68. The summed E-state index contributed by atoms with van der Waals surface area (Å²) in [5, 5.41) is 21.2. The van der Waals surface area contributed by atoms with Gasteiger partial charge >= 0.3 is 6.18 Å². The second kappa shape index (κ2) is 7.50. The maximum atomic E-state index is 13.3. The Morgan fingerprint density at radius 1 is 1.14 bits per heavy atom. The summed E-state index contributed by atoms with van der Waals surface area (Å²) in [6.45, 7) is -0.667. The highest BCUT2D eigenvalue weighted by atomic mass is 32.2. The number of nitrogens with zero attached hydrogens (tertiary/aromatic N) is 2. The zero-order chi connectivity index (χ0) is 21.4. The summed E-state index contributed by atoms with van der Waals surface area (Å²) < 4.78 is 64.1. The summed E-state index contributed by atoms with van der Waals surface area (Å²) in [7, 11) is -2.40. The third-order valence-electron chi connectivity index (χ3n) is 4.23. The van der Waals surface area contributed by atoms with Gasteiger partial charge in [0.15, 0.2) is 5.69 Å². The van der Waals surface area contributed by atoms with E-state index >= 15 is 0 Å². The van der Waals surface area contributed by atoms with Crippen LogP contribution < -0.4 is 10.5 Å². The van der Waals surface area contributed by atoms with Gasteiger partial charge in [0, 0.05) is 18.3 Å². The minimum Gasteiger partial charge on any atom is -0.392 e. The fourth-order valence-electron chi connectivity index (χ4n) is 2.83. The number of primary sulfonamides is 1. The predicted octanol–water partition coefficient (Wildman–Crippen LogP) is 2.74. The van der Waals surface area contributed by atoms with Crippen LogP contribution in [0.2, 0.25) is 0 Å². The van der Waals surface area contributed by atoms with Crippen molar-refractivity contribution < 1.29 is 26.7 Å². The number of hydrogen-bond donors (Lipinski definition) is 3. The molecule has 154 valence electrons. The van der Waals surface area contributed by atoms with E-state index < -0.39 is 28.5 Å². The molecule has 11 heteroatoms. The first-order valence-electron chi connectivity index (χ1n) is 8.27. The number of sulfonamides is 1. The van der Waals surface area contributed by atoms with Gasteiger partial charge in [-0.2, -0.15) is 18.3 Å². The van der Waals surface area contributed by atoms with Crippen LogP contribution in [-0.4, -0.2) is 30.4 Å². The van der Waals surface area contributed by atoms with Gasteiger partial charge in [-0.05, 0) is 42.0 Å². The van der Waals surface area contributed by atoms with Gasteiger partial charge in [-0.3, -0.25) is 0 Å². The first-order valence-corrected chi connectivity index (χ1v) is 9.81. The highest BCUT2D eigenvalue weighted by molar-refractivity contribution is 7.89. The number of benzene rings is 2. The third kappa shape index (κ3) is 4.26. The number of nitrogens with one attached hydrogen (secondary N) is 1.